The lowest BCUT2D eigenvalue weighted by atomic mass is 9.70. The van der Waals surface area contributed by atoms with Crippen molar-refractivity contribution in [3.05, 3.63) is 155 Å². The van der Waals surface area contributed by atoms with Crippen LogP contribution in [0, 0.1) is 11.8 Å². The fourth-order valence-electron chi connectivity index (χ4n) is 14.1. The van der Waals surface area contributed by atoms with Gasteiger partial charge in [-0.25, -0.2) is 0 Å². The summed E-state index contributed by atoms with van der Waals surface area (Å²) in [6.45, 7) is 24.5. The van der Waals surface area contributed by atoms with Crippen LogP contribution < -0.4 is 10.4 Å². The Morgan fingerprint density at radius 1 is 0.275 bits per heavy atom. The summed E-state index contributed by atoms with van der Waals surface area (Å²) in [5, 5.41) is 3.21. The summed E-state index contributed by atoms with van der Waals surface area (Å²) >= 11 is 0. The van der Waals surface area contributed by atoms with Crippen molar-refractivity contribution in [3.63, 3.8) is 0 Å². The summed E-state index contributed by atoms with van der Waals surface area (Å²) in [7, 11) is -3.02. The highest BCUT2D eigenvalue weighted by Crippen LogP contribution is 2.56. The molecule has 8 rings (SSSR count). The first-order chi connectivity index (χ1) is 38.8. The predicted molar refractivity (Wildman–Crippen MR) is 360 cm³/mol. The molecule has 6 aromatic rings. The molecule has 0 aromatic heterocycles. The van der Waals surface area contributed by atoms with E-state index in [2.05, 4.69) is 200 Å². The van der Waals surface area contributed by atoms with E-state index in [1.807, 2.05) is 0 Å². The average Bonchev–Trinajstić information content (AvgIpc) is 4.06. The van der Waals surface area contributed by atoms with Crippen LogP contribution in [0.15, 0.2) is 121 Å². The van der Waals surface area contributed by atoms with Gasteiger partial charge in [0.2, 0.25) is 0 Å². The summed E-state index contributed by atoms with van der Waals surface area (Å²) in [6, 6.07) is 48.7. The van der Waals surface area contributed by atoms with Crippen LogP contribution in [0.25, 0.3) is 44.5 Å². The van der Waals surface area contributed by atoms with Gasteiger partial charge in [0.25, 0.3) is 0 Å². The van der Waals surface area contributed by atoms with Gasteiger partial charge in [-0.05, 0) is 129 Å². The van der Waals surface area contributed by atoms with Crippen LogP contribution in [0.4, 0.5) is 0 Å². The SMILES string of the molecule is CCCCCCCCC1(CCCCCCCC)c2cc(-c3ccc(C#Cc4ccc(-c5ccc6c(c5)C(CCCCCCCC)(CCCCCCCC)c5cc([Si](C)(C)C)ccc5-6)cc4)cc3)ccc2-c2ccc([Si](C)(C)C)cc21. The zero-order chi connectivity index (χ0) is 56.6. The molecule has 0 aliphatic heterocycles. The highest BCUT2D eigenvalue weighted by Gasteiger charge is 2.45. The number of benzene rings is 6. The second-order valence-corrected chi connectivity index (χ2v) is 37.3. The molecule has 0 atom stereocenters. The maximum Gasteiger partial charge on any atom is 0.0776 e. The molecule has 6 aromatic carbocycles. The van der Waals surface area contributed by atoms with Crippen molar-refractivity contribution < 1.29 is 0 Å². The molecule has 0 heterocycles. The molecule has 2 aliphatic rings. The molecule has 80 heavy (non-hydrogen) atoms. The zero-order valence-corrected chi connectivity index (χ0v) is 54.3. The van der Waals surface area contributed by atoms with Crippen LogP contribution in [0.5, 0.6) is 0 Å². The van der Waals surface area contributed by atoms with Crippen molar-refractivity contribution in [2.45, 2.75) is 258 Å². The van der Waals surface area contributed by atoms with E-state index in [0.29, 0.717) is 0 Å². The molecule has 2 aliphatic carbocycles. The molecular weight excluding hydrogens is 993 g/mol. The first-order valence-electron chi connectivity index (χ1n) is 33.1. The quantitative estimate of drug-likeness (QED) is 0.0224. The van der Waals surface area contributed by atoms with Gasteiger partial charge in [-0.2, -0.15) is 0 Å². The van der Waals surface area contributed by atoms with Crippen LogP contribution in [-0.2, 0) is 10.8 Å². The first kappa shape index (κ1) is 61.4. The van der Waals surface area contributed by atoms with Gasteiger partial charge < -0.3 is 0 Å². The monoisotopic (exact) mass is 1100 g/mol. The first-order valence-corrected chi connectivity index (χ1v) is 40.1. The summed E-state index contributed by atoms with van der Waals surface area (Å²) in [5.41, 5.74) is 19.9. The van der Waals surface area contributed by atoms with Gasteiger partial charge in [-0.1, -0.05) is 328 Å². The second-order valence-electron chi connectivity index (χ2n) is 27.2. The summed E-state index contributed by atoms with van der Waals surface area (Å²) < 4.78 is 0. The van der Waals surface area contributed by atoms with E-state index in [1.54, 1.807) is 32.6 Å². The molecular formula is C78H106Si2. The van der Waals surface area contributed by atoms with Crippen molar-refractivity contribution in [1.29, 1.82) is 0 Å². The molecule has 2 heteroatoms. The molecule has 0 amide bonds. The van der Waals surface area contributed by atoms with Gasteiger partial charge in [0.05, 0.1) is 16.1 Å². The van der Waals surface area contributed by atoms with Crippen molar-refractivity contribution in [2.24, 2.45) is 0 Å². The lowest BCUT2D eigenvalue weighted by Gasteiger charge is -2.34. The minimum absolute atomic E-state index is 0.0713. The fourth-order valence-corrected chi connectivity index (χ4v) is 16.4. The van der Waals surface area contributed by atoms with Gasteiger partial charge in [-0.15, -0.1) is 0 Å². The number of hydrogen-bond donors (Lipinski definition) is 0. The van der Waals surface area contributed by atoms with Crippen LogP contribution >= 0.6 is 0 Å². The number of hydrogen-bond acceptors (Lipinski definition) is 0. The minimum atomic E-state index is -1.51. The Balaban J connectivity index is 1.04. The van der Waals surface area contributed by atoms with Crippen molar-refractivity contribution in [1.82, 2.24) is 0 Å². The summed E-state index contributed by atoms with van der Waals surface area (Å²) in [6.07, 6.45) is 37.2. The third kappa shape index (κ3) is 14.9. The molecule has 0 N–H and O–H groups in total. The summed E-state index contributed by atoms with van der Waals surface area (Å²) in [4.78, 5) is 0. The van der Waals surface area contributed by atoms with E-state index < -0.39 is 16.1 Å². The van der Waals surface area contributed by atoms with E-state index in [9.17, 15) is 0 Å². The third-order valence-electron chi connectivity index (χ3n) is 19.1. The topological polar surface area (TPSA) is 0 Å². The van der Waals surface area contributed by atoms with Crippen LogP contribution in [0.1, 0.15) is 241 Å². The maximum atomic E-state index is 3.56. The third-order valence-corrected chi connectivity index (χ3v) is 23.2. The Morgan fingerprint density at radius 3 is 0.812 bits per heavy atom. The summed E-state index contributed by atoms with van der Waals surface area (Å²) in [5.74, 6) is 7.12. The molecule has 0 fully saturated rings. The largest absolute Gasteiger partial charge is 0.0776 e. The lowest BCUT2D eigenvalue weighted by Crippen LogP contribution is -2.38. The number of fused-ring (bicyclic) bond motifs is 6. The molecule has 0 saturated heterocycles. The highest BCUT2D eigenvalue weighted by molar-refractivity contribution is 6.89. The standard InChI is InChI=1S/C78H106Si2/c1-11-15-19-23-27-31-53-77(54-32-28-24-20-16-12-2)73-57-65(45-49-69(73)71-51-47-67(59-75(71)77)79(5,6)7)63-41-37-61(38-42-63)35-36-62-39-43-64(44-40-62)66-46-50-70-72-52-48-68(80(8,9)10)60-76(72)78(74(70)58-66,55-33-29-25-21-17-13-3)56-34-30-26-22-18-14-4/h37-52,57-60H,11-34,53-56H2,1-10H3. The molecule has 0 nitrogen and oxygen atoms in total. The molecule has 0 radical (unpaired) electrons. The Bertz CT molecular complexity index is 2730. The Hall–Kier alpha value is -4.69. The maximum absolute atomic E-state index is 3.56. The van der Waals surface area contributed by atoms with Crippen molar-refractivity contribution in [2.75, 3.05) is 0 Å². The van der Waals surface area contributed by atoms with E-state index in [-0.39, 0.29) is 10.8 Å². The van der Waals surface area contributed by atoms with Crippen LogP contribution in [0.3, 0.4) is 0 Å². The number of rotatable bonds is 32. The Morgan fingerprint density at radius 2 is 0.525 bits per heavy atom. The Kier molecular flexibility index (Phi) is 22.3. The van der Waals surface area contributed by atoms with E-state index in [1.165, 1.54) is 224 Å². The Labute approximate surface area is 492 Å². The van der Waals surface area contributed by atoms with E-state index in [4.69, 9.17) is 0 Å². The molecule has 0 saturated carbocycles. The van der Waals surface area contributed by atoms with Crippen LogP contribution in [0.2, 0.25) is 39.3 Å². The normalized spacial score (nSPS) is 13.9. The number of unbranched alkanes of at least 4 members (excludes halogenated alkanes) is 20. The molecule has 0 spiro atoms. The predicted octanol–water partition coefficient (Wildman–Crippen LogP) is 23.0. The van der Waals surface area contributed by atoms with Crippen molar-refractivity contribution >= 4 is 26.5 Å². The van der Waals surface area contributed by atoms with Gasteiger partial charge in [0.15, 0.2) is 0 Å². The zero-order valence-electron chi connectivity index (χ0n) is 52.3. The molecule has 0 unspecified atom stereocenters. The van der Waals surface area contributed by atoms with Gasteiger partial charge >= 0.3 is 0 Å². The van der Waals surface area contributed by atoms with Gasteiger partial charge in [0.1, 0.15) is 0 Å². The second kappa shape index (κ2) is 29.0. The highest BCUT2D eigenvalue weighted by atomic mass is 28.3. The molecule has 0 bridgehead atoms. The van der Waals surface area contributed by atoms with Gasteiger partial charge in [-0.3, -0.25) is 0 Å². The molecule has 426 valence electrons. The van der Waals surface area contributed by atoms with Crippen molar-refractivity contribution in [3.8, 4) is 56.3 Å². The minimum Gasteiger partial charge on any atom is -0.0656 e. The van der Waals surface area contributed by atoms with E-state index >= 15 is 0 Å². The lowest BCUT2D eigenvalue weighted by molar-refractivity contribution is 0.398. The van der Waals surface area contributed by atoms with E-state index in [0.717, 1.165) is 11.1 Å². The average molecular weight is 1100 g/mol. The van der Waals surface area contributed by atoms with Gasteiger partial charge in [0, 0.05) is 22.0 Å². The van der Waals surface area contributed by atoms with Crippen LogP contribution in [-0.4, -0.2) is 16.1 Å². The fraction of sp³-hybridized carbons (Fsp3) is 0.513. The smallest absolute Gasteiger partial charge is 0.0656 e.